The van der Waals surface area contributed by atoms with Gasteiger partial charge in [0.1, 0.15) is 0 Å². The third kappa shape index (κ3) is 6.35. The Morgan fingerprint density at radius 1 is 1.14 bits per heavy atom. The van der Waals surface area contributed by atoms with Crippen LogP contribution < -0.4 is 14.8 Å². The molecule has 0 aliphatic heterocycles. The van der Waals surface area contributed by atoms with Crippen LogP contribution in [0.15, 0.2) is 60.0 Å². The van der Waals surface area contributed by atoms with Gasteiger partial charge in [-0.05, 0) is 60.1 Å². The summed E-state index contributed by atoms with van der Waals surface area (Å²) in [7, 11) is 4.96. The van der Waals surface area contributed by atoms with Crippen molar-refractivity contribution in [2.24, 2.45) is 0 Å². The molecule has 2 aromatic rings. The van der Waals surface area contributed by atoms with Gasteiger partial charge < -0.3 is 19.7 Å². The number of carbonyl (C=O) groups excluding carboxylic acids is 2. The lowest BCUT2D eigenvalue weighted by atomic mass is 10.1. The molecule has 1 N–H and O–H groups in total. The fourth-order valence-electron chi connectivity index (χ4n) is 2.26. The molecular formula is C21H24N2O4S. The molecule has 0 aliphatic carbocycles. The summed E-state index contributed by atoms with van der Waals surface area (Å²) in [5.41, 5.74) is 1.68. The Labute approximate surface area is 169 Å². The molecule has 0 unspecified atom stereocenters. The maximum atomic E-state index is 12.2. The second-order valence-corrected chi connectivity index (χ2v) is 7.13. The minimum absolute atomic E-state index is 0.0572. The number of hydrogen-bond acceptors (Lipinski definition) is 5. The third-order valence-corrected chi connectivity index (χ3v) is 4.72. The molecule has 0 aliphatic rings. The summed E-state index contributed by atoms with van der Waals surface area (Å²) in [5.74, 6) is 0.778. The number of allylic oxidation sites excluding steroid dienone is 1. The summed E-state index contributed by atoms with van der Waals surface area (Å²) in [6.45, 7) is 3.57. The molecule has 0 bridgehead atoms. The van der Waals surface area contributed by atoms with Gasteiger partial charge in [-0.25, -0.2) is 0 Å². The number of thioether (sulfide) groups is 1. The minimum atomic E-state index is -0.290. The van der Waals surface area contributed by atoms with Crippen LogP contribution in [0.5, 0.6) is 11.5 Å². The molecule has 28 heavy (non-hydrogen) atoms. The molecule has 0 aromatic heterocycles. The van der Waals surface area contributed by atoms with E-state index < -0.39 is 0 Å². The van der Waals surface area contributed by atoms with Gasteiger partial charge in [0, 0.05) is 24.7 Å². The first-order valence-electron chi connectivity index (χ1n) is 8.62. The molecule has 0 saturated carbocycles. The first-order valence-corrected chi connectivity index (χ1v) is 9.44. The Kier molecular flexibility index (Phi) is 7.95. The molecule has 2 amide bonds. The van der Waals surface area contributed by atoms with Crippen LogP contribution in [0.1, 0.15) is 5.56 Å². The number of nitrogens with zero attached hydrogens (tertiary/aromatic N) is 1. The molecule has 148 valence electrons. The molecule has 0 fully saturated rings. The van der Waals surface area contributed by atoms with E-state index in [4.69, 9.17) is 9.47 Å². The van der Waals surface area contributed by atoms with Crippen LogP contribution >= 0.6 is 11.8 Å². The number of ether oxygens (including phenoxy) is 2. The van der Waals surface area contributed by atoms with Gasteiger partial charge in [0.05, 0.1) is 7.11 Å². The summed E-state index contributed by atoms with van der Waals surface area (Å²) in [6, 6.07) is 12.6. The van der Waals surface area contributed by atoms with Gasteiger partial charge >= 0.3 is 0 Å². The summed E-state index contributed by atoms with van der Waals surface area (Å²) in [4.78, 5) is 26.2. The topological polar surface area (TPSA) is 67.9 Å². The summed E-state index contributed by atoms with van der Waals surface area (Å²) < 4.78 is 10.9. The molecular weight excluding hydrogens is 376 g/mol. The standard InChI is InChI=1S/C21H24N2O4S/c1-5-6-15-7-12-18(19(13-15)26-4)27-14-20(24)22-16-8-10-17(11-9-16)28-21(25)23(2)3/h5,7-13H,1,6,14H2,2-4H3,(H,22,24). The highest BCUT2D eigenvalue weighted by atomic mass is 32.2. The summed E-state index contributed by atoms with van der Waals surface area (Å²) >= 11 is 1.13. The van der Waals surface area contributed by atoms with E-state index in [1.54, 1.807) is 51.5 Å². The van der Waals surface area contributed by atoms with Gasteiger partial charge in [0.2, 0.25) is 0 Å². The Morgan fingerprint density at radius 3 is 2.46 bits per heavy atom. The number of carbonyl (C=O) groups is 2. The van der Waals surface area contributed by atoms with E-state index in [2.05, 4.69) is 11.9 Å². The average Bonchev–Trinajstić information content (AvgIpc) is 2.68. The zero-order valence-electron chi connectivity index (χ0n) is 16.2. The number of amides is 2. The van der Waals surface area contributed by atoms with Crippen LogP contribution in [-0.4, -0.2) is 43.9 Å². The van der Waals surface area contributed by atoms with Crippen molar-refractivity contribution >= 4 is 28.6 Å². The lowest BCUT2D eigenvalue weighted by molar-refractivity contribution is -0.118. The fourth-order valence-corrected chi connectivity index (χ4v) is 2.92. The Bertz CT molecular complexity index is 835. The average molecular weight is 401 g/mol. The normalized spacial score (nSPS) is 10.1. The highest BCUT2D eigenvalue weighted by molar-refractivity contribution is 8.13. The van der Waals surface area contributed by atoms with Crippen molar-refractivity contribution in [1.82, 2.24) is 4.90 Å². The van der Waals surface area contributed by atoms with Crippen LogP contribution in [0.25, 0.3) is 0 Å². The van der Waals surface area contributed by atoms with E-state index in [9.17, 15) is 9.59 Å². The second-order valence-electron chi connectivity index (χ2n) is 6.10. The van der Waals surface area contributed by atoms with E-state index in [1.165, 1.54) is 4.90 Å². The van der Waals surface area contributed by atoms with Crippen LogP contribution in [0.2, 0.25) is 0 Å². The van der Waals surface area contributed by atoms with Gasteiger partial charge in [-0.2, -0.15) is 0 Å². The van der Waals surface area contributed by atoms with Crippen molar-refractivity contribution in [1.29, 1.82) is 0 Å². The van der Waals surface area contributed by atoms with Crippen molar-refractivity contribution < 1.29 is 19.1 Å². The van der Waals surface area contributed by atoms with Gasteiger partial charge in [0.15, 0.2) is 18.1 Å². The first-order chi connectivity index (χ1) is 13.4. The number of anilines is 1. The van der Waals surface area contributed by atoms with E-state index >= 15 is 0 Å². The molecule has 7 heteroatoms. The quantitative estimate of drug-likeness (QED) is 0.531. The lowest BCUT2D eigenvalue weighted by Crippen LogP contribution is -2.20. The molecule has 2 aromatic carbocycles. The molecule has 2 rings (SSSR count). The Morgan fingerprint density at radius 2 is 1.86 bits per heavy atom. The maximum absolute atomic E-state index is 12.2. The van der Waals surface area contributed by atoms with Gasteiger partial charge in [-0.1, -0.05) is 12.1 Å². The number of nitrogens with one attached hydrogen (secondary N) is 1. The number of rotatable bonds is 8. The zero-order valence-corrected chi connectivity index (χ0v) is 17.0. The molecule has 0 saturated heterocycles. The minimum Gasteiger partial charge on any atom is -0.493 e. The summed E-state index contributed by atoms with van der Waals surface area (Å²) in [5, 5.41) is 2.70. The maximum Gasteiger partial charge on any atom is 0.285 e. The van der Waals surface area contributed by atoms with Crippen LogP contribution in [-0.2, 0) is 11.2 Å². The van der Waals surface area contributed by atoms with E-state index in [0.717, 1.165) is 28.6 Å². The second kappa shape index (κ2) is 10.4. The monoisotopic (exact) mass is 400 g/mol. The highest BCUT2D eigenvalue weighted by Crippen LogP contribution is 2.28. The smallest absolute Gasteiger partial charge is 0.285 e. The SMILES string of the molecule is C=CCc1ccc(OCC(=O)Nc2ccc(SC(=O)N(C)C)cc2)c(OC)c1. The van der Waals surface area contributed by atoms with Crippen molar-refractivity contribution in [2.75, 3.05) is 33.1 Å². The number of methoxy groups -OCH3 is 1. The van der Waals surface area contributed by atoms with E-state index in [1.807, 2.05) is 18.2 Å². The van der Waals surface area contributed by atoms with Crippen molar-refractivity contribution in [3.05, 3.63) is 60.7 Å². The first kappa shape index (κ1) is 21.4. The Hall–Kier alpha value is -2.93. The third-order valence-electron chi connectivity index (χ3n) is 3.68. The number of hydrogen-bond donors (Lipinski definition) is 1. The van der Waals surface area contributed by atoms with Gasteiger partial charge in [-0.15, -0.1) is 6.58 Å². The van der Waals surface area contributed by atoms with Crippen LogP contribution in [0, 0.1) is 0 Å². The van der Waals surface area contributed by atoms with Crippen LogP contribution in [0.3, 0.4) is 0 Å². The largest absolute Gasteiger partial charge is 0.493 e. The van der Waals surface area contributed by atoms with Crippen molar-refractivity contribution in [2.45, 2.75) is 11.3 Å². The zero-order chi connectivity index (χ0) is 20.5. The molecule has 0 heterocycles. The molecule has 0 radical (unpaired) electrons. The van der Waals surface area contributed by atoms with Crippen molar-refractivity contribution in [3.8, 4) is 11.5 Å². The molecule has 0 atom stereocenters. The van der Waals surface area contributed by atoms with Gasteiger partial charge in [-0.3, -0.25) is 9.59 Å². The predicted molar refractivity (Wildman–Crippen MR) is 112 cm³/mol. The van der Waals surface area contributed by atoms with Crippen molar-refractivity contribution in [3.63, 3.8) is 0 Å². The Balaban J connectivity index is 1.90. The summed E-state index contributed by atoms with van der Waals surface area (Å²) in [6.07, 6.45) is 2.54. The fraction of sp³-hybridized carbons (Fsp3) is 0.238. The van der Waals surface area contributed by atoms with Crippen LogP contribution in [0.4, 0.5) is 10.5 Å². The molecule has 6 nitrogen and oxygen atoms in total. The number of benzene rings is 2. The van der Waals surface area contributed by atoms with Gasteiger partial charge in [0.25, 0.3) is 11.1 Å². The molecule has 0 spiro atoms. The lowest BCUT2D eigenvalue weighted by Gasteiger charge is -2.12. The highest BCUT2D eigenvalue weighted by Gasteiger charge is 2.10. The van der Waals surface area contributed by atoms with E-state index in [0.29, 0.717) is 17.2 Å². The predicted octanol–water partition coefficient (Wildman–Crippen LogP) is 4.21. The van der Waals surface area contributed by atoms with E-state index in [-0.39, 0.29) is 17.8 Å².